The van der Waals surface area contributed by atoms with Crippen molar-refractivity contribution < 1.29 is 9.15 Å². The van der Waals surface area contributed by atoms with Crippen LogP contribution in [0.4, 0.5) is 11.8 Å². The zero-order chi connectivity index (χ0) is 12.8. The fraction of sp³-hybridized carbons (Fsp3) is 0.333. The third kappa shape index (κ3) is 3.38. The van der Waals surface area contributed by atoms with Crippen molar-refractivity contribution in [1.82, 2.24) is 9.97 Å². The largest absolute Gasteiger partial charge is 0.469 e. The summed E-state index contributed by atoms with van der Waals surface area (Å²) in [7, 11) is 0. The second-order valence-electron chi connectivity index (χ2n) is 3.74. The Bertz CT molecular complexity index is 485. The number of nitrogens with two attached hydrogens (primary N) is 1. The van der Waals surface area contributed by atoms with E-state index in [1.807, 2.05) is 6.07 Å². The van der Waals surface area contributed by atoms with Gasteiger partial charge in [0.1, 0.15) is 18.2 Å². The molecule has 2 rings (SSSR count). The molecule has 0 bridgehead atoms. The molecule has 3 N–H and O–H groups in total. The molecule has 0 aliphatic carbocycles. The van der Waals surface area contributed by atoms with Gasteiger partial charge in [0.25, 0.3) is 0 Å². The fourth-order valence-corrected chi connectivity index (χ4v) is 1.40. The van der Waals surface area contributed by atoms with Crippen LogP contribution in [0.1, 0.15) is 19.1 Å². The van der Waals surface area contributed by atoms with Crippen LogP contribution in [-0.4, -0.2) is 16.5 Å². The van der Waals surface area contributed by atoms with E-state index in [0.29, 0.717) is 18.3 Å². The van der Waals surface area contributed by atoms with Crippen LogP contribution >= 0.6 is 0 Å². The Balaban J connectivity index is 2.00. The Hall–Kier alpha value is -2.24. The average molecular weight is 248 g/mol. The van der Waals surface area contributed by atoms with Gasteiger partial charge < -0.3 is 20.2 Å². The third-order valence-electron chi connectivity index (χ3n) is 2.22. The van der Waals surface area contributed by atoms with Crippen LogP contribution in [0.5, 0.6) is 5.88 Å². The van der Waals surface area contributed by atoms with Gasteiger partial charge in [0.2, 0.25) is 11.8 Å². The van der Waals surface area contributed by atoms with Crippen molar-refractivity contribution in [2.75, 3.05) is 17.6 Å². The first-order valence-corrected chi connectivity index (χ1v) is 5.81. The molecular weight excluding hydrogens is 232 g/mol. The van der Waals surface area contributed by atoms with Gasteiger partial charge in [0.15, 0.2) is 0 Å². The highest BCUT2D eigenvalue weighted by Gasteiger charge is 2.04. The van der Waals surface area contributed by atoms with Gasteiger partial charge >= 0.3 is 0 Å². The molecule has 2 aromatic heterocycles. The summed E-state index contributed by atoms with van der Waals surface area (Å²) in [5.74, 6) is 2.01. The molecule has 2 heterocycles. The van der Waals surface area contributed by atoms with Gasteiger partial charge in [-0.05, 0) is 18.6 Å². The molecule has 0 aromatic carbocycles. The monoisotopic (exact) mass is 248 g/mol. The van der Waals surface area contributed by atoms with E-state index in [1.165, 1.54) is 0 Å². The summed E-state index contributed by atoms with van der Waals surface area (Å²) in [5, 5.41) is 3.13. The molecule has 18 heavy (non-hydrogen) atoms. The standard InChI is InChI=1S/C12H16N4O2/c1-2-5-14-10-7-11(16-12(13)15-10)18-8-9-4-3-6-17-9/h3-4,6-7H,2,5,8H2,1H3,(H3,13,14,15,16). The zero-order valence-corrected chi connectivity index (χ0v) is 10.2. The molecule has 96 valence electrons. The molecule has 0 aliphatic rings. The lowest BCUT2D eigenvalue weighted by molar-refractivity contribution is 0.261. The number of hydrogen-bond donors (Lipinski definition) is 2. The van der Waals surface area contributed by atoms with Crippen LogP contribution in [-0.2, 0) is 6.61 Å². The topological polar surface area (TPSA) is 86.2 Å². The normalized spacial score (nSPS) is 10.3. The molecule has 0 atom stereocenters. The van der Waals surface area contributed by atoms with Crippen molar-refractivity contribution in [2.45, 2.75) is 20.0 Å². The molecule has 0 amide bonds. The van der Waals surface area contributed by atoms with Crippen molar-refractivity contribution in [3.05, 3.63) is 30.2 Å². The Morgan fingerprint density at radius 1 is 1.44 bits per heavy atom. The lowest BCUT2D eigenvalue weighted by Gasteiger charge is -2.08. The summed E-state index contributed by atoms with van der Waals surface area (Å²) in [4.78, 5) is 8.07. The summed E-state index contributed by atoms with van der Waals surface area (Å²) in [6.45, 7) is 3.22. The minimum Gasteiger partial charge on any atom is -0.469 e. The number of nitrogens with one attached hydrogen (secondary N) is 1. The number of furan rings is 1. The van der Waals surface area contributed by atoms with E-state index in [4.69, 9.17) is 14.9 Å². The zero-order valence-electron chi connectivity index (χ0n) is 10.2. The minimum atomic E-state index is 0.186. The van der Waals surface area contributed by atoms with Crippen molar-refractivity contribution in [2.24, 2.45) is 0 Å². The first kappa shape index (κ1) is 12.2. The van der Waals surface area contributed by atoms with E-state index in [-0.39, 0.29) is 5.95 Å². The highest BCUT2D eigenvalue weighted by atomic mass is 16.5. The number of anilines is 2. The minimum absolute atomic E-state index is 0.186. The Morgan fingerprint density at radius 3 is 3.06 bits per heavy atom. The molecule has 0 spiro atoms. The quantitative estimate of drug-likeness (QED) is 0.813. The van der Waals surface area contributed by atoms with E-state index >= 15 is 0 Å². The molecule has 0 fully saturated rings. The van der Waals surface area contributed by atoms with Gasteiger partial charge in [-0.3, -0.25) is 0 Å². The summed E-state index contributed by atoms with van der Waals surface area (Å²) in [6.07, 6.45) is 2.60. The van der Waals surface area contributed by atoms with E-state index in [0.717, 1.165) is 18.7 Å². The number of nitrogen functional groups attached to an aromatic ring is 1. The lowest BCUT2D eigenvalue weighted by Crippen LogP contribution is -2.06. The summed E-state index contributed by atoms with van der Waals surface area (Å²) >= 11 is 0. The van der Waals surface area contributed by atoms with Crippen molar-refractivity contribution in [3.8, 4) is 5.88 Å². The molecule has 2 aromatic rings. The van der Waals surface area contributed by atoms with Gasteiger partial charge in [-0.15, -0.1) is 0 Å². The predicted octanol–water partition coefficient (Wildman–Crippen LogP) is 2.05. The number of rotatable bonds is 6. The fourth-order valence-electron chi connectivity index (χ4n) is 1.40. The van der Waals surface area contributed by atoms with E-state index in [9.17, 15) is 0 Å². The Labute approximate surface area is 105 Å². The molecule has 0 aliphatic heterocycles. The van der Waals surface area contributed by atoms with Crippen LogP contribution in [0.15, 0.2) is 28.9 Å². The Kier molecular flexibility index (Phi) is 4.01. The number of aromatic nitrogens is 2. The van der Waals surface area contributed by atoms with Crippen LogP contribution in [0.25, 0.3) is 0 Å². The van der Waals surface area contributed by atoms with E-state index in [2.05, 4.69) is 22.2 Å². The Morgan fingerprint density at radius 2 is 2.33 bits per heavy atom. The van der Waals surface area contributed by atoms with Crippen LogP contribution < -0.4 is 15.8 Å². The SMILES string of the molecule is CCCNc1cc(OCc2ccco2)nc(N)n1. The van der Waals surface area contributed by atoms with Gasteiger partial charge in [-0.1, -0.05) is 6.92 Å². The molecule has 0 unspecified atom stereocenters. The second-order valence-corrected chi connectivity index (χ2v) is 3.74. The number of hydrogen-bond acceptors (Lipinski definition) is 6. The van der Waals surface area contributed by atoms with Crippen LogP contribution in [0.2, 0.25) is 0 Å². The molecule has 0 radical (unpaired) electrons. The maximum absolute atomic E-state index is 5.61. The first-order chi connectivity index (χ1) is 8.78. The molecule has 0 saturated heterocycles. The summed E-state index contributed by atoms with van der Waals surface area (Å²) in [5.41, 5.74) is 5.61. The van der Waals surface area contributed by atoms with Crippen molar-refractivity contribution >= 4 is 11.8 Å². The van der Waals surface area contributed by atoms with Gasteiger partial charge in [-0.25, -0.2) is 0 Å². The van der Waals surface area contributed by atoms with Gasteiger partial charge in [0, 0.05) is 12.6 Å². The van der Waals surface area contributed by atoms with Gasteiger partial charge in [0.05, 0.1) is 6.26 Å². The molecule has 0 saturated carbocycles. The summed E-state index contributed by atoms with van der Waals surface area (Å²) < 4.78 is 10.7. The highest BCUT2D eigenvalue weighted by molar-refractivity contribution is 5.42. The smallest absolute Gasteiger partial charge is 0.225 e. The van der Waals surface area contributed by atoms with Crippen molar-refractivity contribution in [3.63, 3.8) is 0 Å². The number of ether oxygens (including phenoxy) is 1. The predicted molar refractivity (Wildman–Crippen MR) is 68.3 cm³/mol. The maximum atomic E-state index is 5.61. The lowest BCUT2D eigenvalue weighted by atomic mass is 10.4. The molecule has 6 heteroatoms. The molecule has 6 nitrogen and oxygen atoms in total. The average Bonchev–Trinajstić information content (AvgIpc) is 2.86. The van der Waals surface area contributed by atoms with Crippen molar-refractivity contribution in [1.29, 1.82) is 0 Å². The molecular formula is C12H16N4O2. The van der Waals surface area contributed by atoms with Crippen LogP contribution in [0.3, 0.4) is 0 Å². The first-order valence-electron chi connectivity index (χ1n) is 5.81. The highest BCUT2D eigenvalue weighted by Crippen LogP contribution is 2.16. The second kappa shape index (κ2) is 5.90. The maximum Gasteiger partial charge on any atom is 0.225 e. The van der Waals surface area contributed by atoms with Crippen LogP contribution in [0, 0.1) is 0 Å². The third-order valence-corrected chi connectivity index (χ3v) is 2.22. The number of nitrogens with zero attached hydrogens (tertiary/aromatic N) is 2. The summed E-state index contributed by atoms with van der Waals surface area (Å²) in [6, 6.07) is 5.36. The van der Waals surface area contributed by atoms with E-state index < -0.39 is 0 Å². The van der Waals surface area contributed by atoms with E-state index in [1.54, 1.807) is 18.4 Å². The van der Waals surface area contributed by atoms with Gasteiger partial charge in [-0.2, -0.15) is 9.97 Å².